The fraction of sp³-hybridized carbons (Fsp3) is 0.625. The fourth-order valence-corrected chi connectivity index (χ4v) is 3.13. The van der Waals surface area contributed by atoms with Crippen molar-refractivity contribution in [3.05, 3.63) is 28.8 Å². The molecule has 2 rings (SSSR count). The first-order valence-corrected chi connectivity index (χ1v) is 7.04. The highest BCUT2D eigenvalue weighted by Crippen LogP contribution is 2.27. The van der Waals surface area contributed by atoms with Gasteiger partial charge < -0.3 is 5.11 Å². The molecule has 0 saturated carbocycles. The molecule has 0 bridgehead atoms. The van der Waals surface area contributed by atoms with Gasteiger partial charge in [-0.2, -0.15) is 0 Å². The molecule has 2 unspecified atom stereocenters. The molecule has 1 aromatic carbocycles. The SMILES string of the molecule is Cc1cc(CN2C(C)CCCC2C)cc(C)c1O. The average molecular weight is 247 g/mol. The predicted octanol–water partition coefficient (Wildman–Crippen LogP) is 3.77. The number of aryl methyl sites for hydroxylation is 2. The van der Waals surface area contributed by atoms with Crippen LogP contribution >= 0.6 is 0 Å². The van der Waals surface area contributed by atoms with Gasteiger partial charge in [-0.1, -0.05) is 18.6 Å². The van der Waals surface area contributed by atoms with Crippen molar-refractivity contribution in [1.82, 2.24) is 4.90 Å². The number of aromatic hydroxyl groups is 1. The summed E-state index contributed by atoms with van der Waals surface area (Å²) in [4.78, 5) is 2.59. The molecule has 1 fully saturated rings. The van der Waals surface area contributed by atoms with Gasteiger partial charge in [0, 0.05) is 18.6 Å². The summed E-state index contributed by atoms with van der Waals surface area (Å²) >= 11 is 0. The number of piperidine rings is 1. The van der Waals surface area contributed by atoms with Gasteiger partial charge in [0.15, 0.2) is 0 Å². The standard InChI is InChI=1S/C16H25NO/c1-11-8-15(9-12(2)16(11)18)10-17-13(3)6-5-7-14(17)4/h8-9,13-14,18H,5-7,10H2,1-4H3. The van der Waals surface area contributed by atoms with E-state index >= 15 is 0 Å². The molecule has 100 valence electrons. The number of rotatable bonds is 2. The Morgan fingerprint density at radius 3 is 2.11 bits per heavy atom. The minimum atomic E-state index is 0.443. The van der Waals surface area contributed by atoms with E-state index in [1.165, 1.54) is 24.8 Å². The van der Waals surface area contributed by atoms with E-state index in [9.17, 15) is 5.11 Å². The number of phenols is 1. The molecule has 1 heterocycles. The Morgan fingerprint density at radius 2 is 1.61 bits per heavy atom. The summed E-state index contributed by atoms with van der Waals surface area (Å²) in [5.41, 5.74) is 3.30. The van der Waals surface area contributed by atoms with E-state index in [0.29, 0.717) is 17.8 Å². The number of hydrogen-bond acceptors (Lipinski definition) is 2. The Labute approximate surface area is 111 Å². The zero-order valence-electron chi connectivity index (χ0n) is 12.0. The second-order valence-corrected chi connectivity index (χ2v) is 5.88. The highest BCUT2D eigenvalue weighted by Gasteiger charge is 2.24. The van der Waals surface area contributed by atoms with Gasteiger partial charge in [-0.3, -0.25) is 4.90 Å². The molecule has 0 amide bonds. The molecule has 2 atom stereocenters. The van der Waals surface area contributed by atoms with Gasteiger partial charge in [0.1, 0.15) is 5.75 Å². The second-order valence-electron chi connectivity index (χ2n) is 5.88. The van der Waals surface area contributed by atoms with Gasteiger partial charge in [-0.15, -0.1) is 0 Å². The maximum atomic E-state index is 9.83. The first-order chi connectivity index (χ1) is 8.49. The van der Waals surface area contributed by atoms with Crippen molar-refractivity contribution in [3.8, 4) is 5.75 Å². The van der Waals surface area contributed by atoms with Crippen LogP contribution in [0.5, 0.6) is 5.75 Å². The number of phenolic OH excluding ortho intramolecular Hbond substituents is 1. The molecule has 0 radical (unpaired) electrons. The molecule has 1 aromatic rings. The molecule has 2 heteroatoms. The summed E-state index contributed by atoms with van der Waals surface area (Å²) in [5.74, 6) is 0.443. The van der Waals surface area contributed by atoms with E-state index in [4.69, 9.17) is 0 Å². The van der Waals surface area contributed by atoms with E-state index in [2.05, 4.69) is 30.9 Å². The number of nitrogens with zero attached hydrogens (tertiary/aromatic N) is 1. The van der Waals surface area contributed by atoms with Crippen LogP contribution in [0.3, 0.4) is 0 Å². The molecule has 1 aliphatic heterocycles. The minimum absolute atomic E-state index is 0.443. The molecule has 1 N–H and O–H groups in total. The smallest absolute Gasteiger partial charge is 0.121 e. The van der Waals surface area contributed by atoms with Gasteiger partial charge in [-0.05, 0) is 57.2 Å². The van der Waals surface area contributed by atoms with Crippen molar-refractivity contribution in [2.75, 3.05) is 0 Å². The first-order valence-electron chi connectivity index (χ1n) is 7.04. The molecular formula is C16H25NO. The van der Waals surface area contributed by atoms with Crippen molar-refractivity contribution in [2.24, 2.45) is 0 Å². The summed E-state index contributed by atoms with van der Waals surface area (Å²) in [6.07, 6.45) is 3.97. The maximum absolute atomic E-state index is 9.83. The maximum Gasteiger partial charge on any atom is 0.121 e. The monoisotopic (exact) mass is 247 g/mol. The van der Waals surface area contributed by atoms with Crippen LogP contribution in [0.25, 0.3) is 0 Å². The highest BCUT2D eigenvalue weighted by atomic mass is 16.3. The Kier molecular flexibility index (Phi) is 3.96. The lowest BCUT2D eigenvalue weighted by molar-refractivity contribution is 0.0952. The van der Waals surface area contributed by atoms with Gasteiger partial charge >= 0.3 is 0 Å². The van der Waals surface area contributed by atoms with E-state index in [-0.39, 0.29) is 0 Å². The van der Waals surface area contributed by atoms with Gasteiger partial charge in [0.2, 0.25) is 0 Å². The van der Waals surface area contributed by atoms with Gasteiger partial charge in [0.05, 0.1) is 0 Å². The van der Waals surface area contributed by atoms with Crippen LogP contribution < -0.4 is 0 Å². The molecule has 1 saturated heterocycles. The summed E-state index contributed by atoms with van der Waals surface area (Å²) in [6.45, 7) is 9.62. The fourth-order valence-electron chi connectivity index (χ4n) is 3.13. The van der Waals surface area contributed by atoms with Crippen LogP contribution in [0.2, 0.25) is 0 Å². The van der Waals surface area contributed by atoms with Crippen LogP contribution in [0.4, 0.5) is 0 Å². The van der Waals surface area contributed by atoms with E-state index < -0.39 is 0 Å². The highest BCUT2D eigenvalue weighted by molar-refractivity contribution is 5.42. The van der Waals surface area contributed by atoms with E-state index in [0.717, 1.165) is 17.7 Å². The van der Waals surface area contributed by atoms with Crippen LogP contribution in [-0.4, -0.2) is 22.1 Å². The number of likely N-dealkylation sites (tertiary alicyclic amines) is 1. The summed E-state index contributed by atoms with van der Waals surface area (Å²) in [5, 5.41) is 9.83. The zero-order valence-corrected chi connectivity index (χ0v) is 12.0. The lowest BCUT2D eigenvalue weighted by Crippen LogP contribution is -2.42. The van der Waals surface area contributed by atoms with E-state index in [1.54, 1.807) is 0 Å². The molecule has 0 aliphatic carbocycles. The lowest BCUT2D eigenvalue weighted by Gasteiger charge is -2.39. The van der Waals surface area contributed by atoms with Crippen LogP contribution in [0.15, 0.2) is 12.1 Å². The predicted molar refractivity (Wildman–Crippen MR) is 75.9 cm³/mol. The van der Waals surface area contributed by atoms with Crippen molar-refractivity contribution in [2.45, 2.75) is 65.6 Å². The van der Waals surface area contributed by atoms with Crippen molar-refractivity contribution < 1.29 is 5.11 Å². The molecule has 0 aromatic heterocycles. The largest absolute Gasteiger partial charge is 0.507 e. The zero-order chi connectivity index (χ0) is 13.3. The minimum Gasteiger partial charge on any atom is -0.507 e. The van der Waals surface area contributed by atoms with E-state index in [1.807, 2.05) is 13.8 Å². The number of benzene rings is 1. The van der Waals surface area contributed by atoms with Gasteiger partial charge in [-0.25, -0.2) is 0 Å². The summed E-state index contributed by atoms with van der Waals surface area (Å²) < 4.78 is 0. The van der Waals surface area contributed by atoms with Gasteiger partial charge in [0.25, 0.3) is 0 Å². The third kappa shape index (κ3) is 2.69. The second kappa shape index (κ2) is 5.31. The third-order valence-corrected chi connectivity index (χ3v) is 4.29. The molecule has 2 nitrogen and oxygen atoms in total. The Balaban J connectivity index is 2.18. The van der Waals surface area contributed by atoms with Crippen LogP contribution in [0.1, 0.15) is 49.8 Å². The third-order valence-electron chi connectivity index (χ3n) is 4.29. The van der Waals surface area contributed by atoms with Crippen LogP contribution in [0, 0.1) is 13.8 Å². The number of hydrogen-bond donors (Lipinski definition) is 1. The Morgan fingerprint density at radius 1 is 1.11 bits per heavy atom. The normalized spacial score (nSPS) is 25.3. The summed E-state index contributed by atoms with van der Waals surface area (Å²) in [6, 6.07) is 5.58. The van der Waals surface area contributed by atoms with Crippen LogP contribution in [-0.2, 0) is 6.54 Å². The molecule has 18 heavy (non-hydrogen) atoms. The Bertz CT molecular complexity index is 394. The molecule has 0 spiro atoms. The average Bonchev–Trinajstić information content (AvgIpc) is 2.31. The first kappa shape index (κ1) is 13.4. The Hall–Kier alpha value is -1.02. The topological polar surface area (TPSA) is 23.5 Å². The lowest BCUT2D eigenvalue weighted by atomic mass is 9.96. The molecular weight excluding hydrogens is 222 g/mol. The summed E-state index contributed by atoms with van der Waals surface area (Å²) in [7, 11) is 0. The van der Waals surface area contributed by atoms with Crippen molar-refractivity contribution in [3.63, 3.8) is 0 Å². The quantitative estimate of drug-likeness (QED) is 0.860. The van der Waals surface area contributed by atoms with Crippen molar-refractivity contribution in [1.29, 1.82) is 0 Å². The molecule has 1 aliphatic rings. The van der Waals surface area contributed by atoms with Crippen molar-refractivity contribution >= 4 is 0 Å².